The van der Waals surface area contributed by atoms with Crippen molar-refractivity contribution in [3.63, 3.8) is 0 Å². The number of hydrogen-bond acceptors (Lipinski definition) is 6. The van der Waals surface area contributed by atoms with Gasteiger partial charge in [0.2, 0.25) is 11.8 Å². The van der Waals surface area contributed by atoms with Crippen molar-refractivity contribution in [2.24, 2.45) is 11.8 Å². The van der Waals surface area contributed by atoms with Gasteiger partial charge in [0.05, 0.1) is 18.9 Å². The molecule has 28 heavy (non-hydrogen) atoms. The van der Waals surface area contributed by atoms with E-state index in [4.69, 9.17) is 4.74 Å². The van der Waals surface area contributed by atoms with E-state index in [9.17, 15) is 19.5 Å². The predicted octanol–water partition coefficient (Wildman–Crippen LogP) is 1.34. The lowest BCUT2D eigenvalue weighted by atomic mass is 9.75. The molecular weight excluding hydrogens is 360 g/mol. The van der Waals surface area contributed by atoms with Crippen molar-refractivity contribution in [3.8, 4) is 5.75 Å². The molecule has 2 heterocycles. The van der Waals surface area contributed by atoms with E-state index in [-0.39, 0.29) is 11.7 Å². The molecule has 2 amide bonds. The summed E-state index contributed by atoms with van der Waals surface area (Å²) in [7, 11) is 2.70. The highest BCUT2D eigenvalue weighted by Crippen LogP contribution is 2.53. The van der Waals surface area contributed by atoms with Crippen LogP contribution in [0.4, 0.5) is 0 Å². The third-order valence-corrected chi connectivity index (χ3v) is 5.77. The molecule has 2 aromatic rings. The van der Waals surface area contributed by atoms with Crippen LogP contribution in [0, 0.1) is 11.8 Å². The number of hydrogen-bond donors (Lipinski definition) is 2. The first-order chi connectivity index (χ1) is 13.4. The van der Waals surface area contributed by atoms with E-state index in [2.05, 4.69) is 5.32 Å². The lowest BCUT2D eigenvalue weighted by Gasteiger charge is -2.32. The van der Waals surface area contributed by atoms with Gasteiger partial charge in [0.1, 0.15) is 5.75 Å². The number of ether oxygens (including phenoxy) is 1. The molecule has 4 rings (SSSR count). The van der Waals surface area contributed by atoms with Crippen LogP contribution in [-0.4, -0.2) is 41.9 Å². The Morgan fingerprint density at radius 2 is 1.71 bits per heavy atom. The summed E-state index contributed by atoms with van der Waals surface area (Å²) in [6.07, 6.45) is 0. The van der Waals surface area contributed by atoms with Gasteiger partial charge >= 0.3 is 5.97 Å². The molecule has 0 bridgehead atoms. The zero-order valence-corrected chi connectivity index (χ0v) is 15.5. The summed E-state index contributed by atoms with van der Waals surface area (Å²) in [4.78, 5) is 40.1. The molecule has 2 saturated heterocycles. The summed E-state index contributed by atoms with van der Waals surface area (Å²) in [5.41, 5.74) is -0.221. The van der Waals surface area contributed by atoms with Gasteiger partial charge in [-0.1, -0.05) is 42.5 Å². The minimum Gasteiger partial charge on any atom is -0.508 e. The Bertz CT molecular complexity index is 943. The Morgan fingerprint density at radius 1 is 1.07 bits per heavy atom. The molecular formula is C21H20N2O5. The van der Waals surface area contributed by atoms with Crippen molar-refractivity contribution in [3.05, 3.63) is 65.7 Å². The first kappa shape index (κ1) is 18.2. The number of aromatic hydroxyl groups is 1. The zero-order chi connectivity index (χ0) is 20.1. The summed E-state index contributed by atoms with van der Waals surface area (Å²) in [6.45, 7) is 0. The summed E-state index contributed by atoms with van der Waals surface area (Å²) < 4.78 is 5.10. The number of rotatable bonds is 3. The number of nitrogens with zero attached hydrogens (tertiary/aromatic N) is 1. The van der Waals surface area contributed by atoms with Crippen LogP contribution < -0.4 is 5.32 Å². The summed E-state index contributed by atoms with van der Waals surface area (Å²) >= 11 is 0. The van der Waals surface area contributed by atoms with E-state index in [1.807, 2.05) is 6.07 Å². The van der Waals surface area contributed by atoms with Crippen LogP contribution in [-0.2, 0) is 24.7 Å². The van der Waals surface area contributed by atoms with E-state index in [0.717, 1.165) is 4.90 Å². The van der Waals surface area contributed by atoms with E-state index >= 15 is 0 Å². The van der Waals surface area contributed by atoms with Crippen molar-refractivity contribution >= 4 is 17.8 Å². The second kappa shape index (κ2) is 6.45. The van der Waals surface area contributed by atoms with Crippen molar-refractivity contribution in [2.75, 3.05) is 14.2 Å². The maximum Gasteiger partial charge on any atom is 0.331 e. The first-order valence-electron chi connectivity index (χ1n) is 8.93. The minimum atomic E-state index is -1.49. The quantitative estimate of drug-likeness (QED) is 0.616. The highest BCUT2D eigenvalue weighted by Gasteiger charge is 2.68. The molecule has 7 nitrogen and oxygen atoms in total. The smallest absolute Gasteiger partial charge is 0.331 e. The lowest BCUT2D eigenvalue weighted by Crippen LogP contribution is -2.53. The zero-order valence-electron chi connectivity index (χ0n) is 15.5. The topological polar surface area (TPSA) is 95.9 Å². The second-order valence-corrected chi connectivity index (χ2v) is 7.12. The maximum absolute atomic E-state index is 13.1. The number of fused-ring (bicyclic) bond motifs is 1. The number of carbonyl (C=O) groups excluding carboxylic acids is 3. The van der Waals surface area contributed by atoms with Crippen LogP contribution in [0.2, 0.25) is 0 Å². The van der Waals surface area contributed by atoms with Crippen LogP contribution >= 0.6 is 0 Å². The Labute approximate surface area is 161 Å². The van der Waals surface area contributed by atoms with E-state index in [1.165, 1.54) is 26.3 Å². The number of nitrogens with one attached hydrogen (secondary N) is 1. The summed E-state index contributed by atoms with van der Waals surface area (Å²) in [6, 6.07) is 14.6. The number of esters is 1. The van der Waals surface area contributed by atoms with Gasteiger partial charge < -0.3 is 9.84 Å². The second-order valence-electron chi connectivity index (χ2n) is 7.12. The van der Waals surface area contributed by atoms with E-state index < -0.39 is 35.3 Å². The molecule has 2 N–H and O–H groups in total. The van der Waals surface area contributed by atoms with Gasteiger partial charge in [0.25, 0.3) is 0 Å². The normalized spacial score (nSPS) is 29.1. The number of likely N-dealkylation sites (tertiary alicyclic amines) is 1. The van der Waals surface area contributed by atoms with Crippen LogP contribution in [0.3, 0.4) is 0 Å². The van der Waals surface area contributed by atoms with Crippen molar-refractivity contribution in [1.82, 2.24) is 10.2 Å². The maximum atomic E-state index is 13.1. The number of carbonyl (C=O) groups is 3. The van der Waals surface area contributed by atoms with Crippen LogP contribution in [0.1, 0.15) is 17.2 Å². The molecule has 2 aromatic carbocycles. The van der Waals surface area contributed by atoms with Gasteiger partial charge in [-0.3, -0.25) is 19.8 Å². The largest absolute Gasteiger partial charge is 0.508 e. The van der Waals surface area contributed by atoms with E-state index in [1.54, 1.807) is 36.4 Å². The highest BCUT2D eigenvalue weighted by molar-refractivity contribution is 6.09. The average Bonchev–Trinajstić information content (AvgIpc) is 3.19. The number of phenols is 1. The number of phenolic OH excluding ortho intramolecular Hbond substituents is 1. The molecule has 2 aliphatic heterocycles. The standard InChI is InChI=1S/C21H20N2O5/c1-23-18(25)15-16(19(23)26)21(20(27)28-2,13-6-4-3-5-7-13)22-17(15)12-8-10-14(24)11-9-12/h3-11,15-17,22,24H,1-2H3/t15-,16+,17-,21+/m0/s1. The van der Waals surface area contributed by atoms with Crippen LogP contribution in [0.15, 0.2) is 54.6 Å². The van der Waals surface area contributed by atoms with Gasteiger partial charge in [-0.05, 0) is 23.3 Å². The molecule has 0 unspecified atom stereocenters. The van der Waals surface area contributed by atoms with Gasteiger partial charge in [-0.2, -0.15) is 0 Å². The van der Waals surface area contributed by atoms with Gasteiger partial charge in [0.15, 0.2) is 5.54 Å². The molecule has 0 aromatic heterocycles. The Kier molecular flexibility index (Phi) is 4.19. The van der Waals surface area contributed by atoms with Crippen molar-refractivity contribution < 1.29 is 24.2 Å². The predicted molar refractivity (Wildman–Crippen MR) is 98.9 cm³/mol. The molecule has 2 fully saturated rings. The highest BCUT2D eigenvalue weighted by atomic mass is 16.5. The van der Waals surface area contributed by atoms with Gasteiger partial charge in [-0.25, -0.2) is 4.79 Å². The third-order valence-electron chi connectivity index (χ3n) is 5.77. The molecule has 0 aliphatic carbocycles. The molecule has 0 spiro atoms. The SMILES string of the molecule is COC(=O)[C@]1(c2ccccc2)N[C@@H](c2ccc(O)cc2)[C@H]2C(=O)N(C)C(=O)[C@@H]21. The van der Waals surface area contributed by atoms with Crippen molar-refractivity contribution in [2.45, 2.75) is 11.6 Å². The molecule has 0 saturated carbocycles. The fraction of sp³-hybridized carbons (Fsp3) is 0.286. The Hall–Kier alpha value is -3.19. The van der Waals surface area contributed by atoms with Crippen molar-refractivity contribution in [1.29, 1.82) is 0 Å². The van der Waals surface area contributed by atoms with Gasteiger partial charge in [-0.15, -0.1) is 0 Å². The monoisotopic (exact) mass is 380 g/mol. The van der Waals surface area contributed by atoms with Gasteiger partial charge in [0, 0.05) is 13.1 Å². The number of imide groups is 1. The summed E-state index contributed by atoms with van der Waals surface area (Å²) in [5, 5.41) is 12.9. The minimum absolute atomic E-state index is 0.0894. The molecule has 7 heteroatoms. The third kappa shape index (κ3) is 2.36. The van der Waals surface area contributed by atoms with Crippen LogP contribution in [0.25, 0.3) is 0 Å². The first-order valence-corrected chi connectivity index (χ1v) is 8.93. The van der Waals surface area contributed by atoms with E-state index in [0.29, 0.717) is 11.1 Å². The Balaban J connectivity index is 1.94. The van der Waals surface area contributed by atoms with Crippen LogP contribution in [0.5, 0.6) is 5.75 Å². The molecule has 4 atom stereocenters. The fourth-order valence-corrected chi connectivity index (χ4v) is 4.45. The number of amides is 2. The number of methoxy groups -OCH3 is 1. The Morgan fingerprint density at radius 3 is 2.32 bits per heavy atom. The summed E-state index contributed by atoms with van der Waals surface area (Å²) in [5.74, 6) is -2.99. The average molecular weight is 380 g/mol. The molecule has 2 aliphatic rings. The molecule has 144 valence electrons. The fourth-order valence-electron chi connectivity index (χ4n) is 4.45. The lowest BCUT2D eigenvalue weighted by molar-refractivity contribution is -0.154. The molecule has 0 radical (unpaired) electrons. The number of benzene rings is 2.